The van der Waals surface area contributed by atoms with E-state index in [1.807, 2.05) is 36.4 Å². The molecule has 0 saturated carbocycles. The first-order valence-electron chi connectivity index (χ1n) is 6.29. The second-order valence-corrected chi connectivity index (χ2v) is 4.22. The monoisotopic (exact) mass is 272 g/mol. The number of aliphatic carboxylic acids is 1. The van der Waals surface area contributed by atoms with Crippen molar-refractivity contribution in [2.75, 3.05) is 6.54 Å². The SMILES string of the molecule is O=C(O)CNCc1ncccc1OCc1ccccc1. The smallest absolute Gasteiger partial charge is 0.317 e. The molecule has 0 fully saturated rings. The van der Waals surface area contributed by atoms with Crippen LogP contribution < -0.4 is 10.1 Å². The molecule has 0 aliphatic rings. The zero-order valence-corrected chi connectivity index (χ0v) is 11.0. The number of nitrogens with zero attached hydrogens (tertiary/aromatic N) is 1. The molecule has 1 aromatic carbocycles. The molecule has 20 heavy (non-hydrogen) atoms. The van der Waals surface area contributed by atoms with Crippen LogP contribution in [0.1, 0.15) is 11.3 Å². The Morgan fingerprint density at radius 3 is 2.75 bits per heavy atom. The lowest BCUT2D eigenvalue weighted by Crippen LogP contribution is -2.22. The van der Waals surface area contributed by atoms with E-state index in [0.29, 0.717) is 24.6 Å². The van der Waals surface area contributed by atoms with Gasteiger partial charge in [-0.25, -0.2) is 0 Å². The third-order valence-electron chi connectivity index (χ3n) is 2.65. The average molecular weight is 272 g/mol. The molecule has 0 amide bonds. The fraction of sp³-hybridized carbons (Fsp3) is 0.200. The molecular weight excluding hydrogens is 256 g/mol. The summed E-state index contributed by atoms with van der Waals surface area (Å²) in [5, 5.41) is 11.4. The molecule has 1 heterocycles. The molecule has 2 N–H and O–H groups in total. The van der Waals surface area contributed by atoms with Gasteiger partial charge in [0.1, 0.15) is 12.4 Å². The number of pyridine rings is 1. The van der Waals surface area contributed by atoms with Gasteiger partial charge in [0.05, 0.1) is 12.2 Å². The molecule has 5 heteroatoms. The van der Waals surface area contributed by atoms with Gasteiger partial charge in [0.15, 0.2) is 0 Å². The van der Waals surface area contributed by atoms with E-state index in [1.54, 1.807) is 12.3 Å². The Balaban J connectivity index is 1.95. The first kappa shape index (κ1) is 14.0. The number of nitrogens with one attached hydrogen (secondary N) is 1. The van der Waals surface area contributed by atoms with Crippen molar-refractivity contribution < 1.29 is 14.6 Å². The summed E-state index contributed by atoms with van der Waals surface area (Å²) in [6.45, 7) is 0.713. The Morgan fingerprint density at radius 1 is 1.20 bits per heavy atom. The van der Waals surface area contributed by atoms with Crippen LogP contribution in [0.2, 0.25) is 0 Å². The van der Waals surface area contributed by atoms with E-state index >= 15 is 0 Å². The Bertz CT molecular complexity index is 558. The lowest BCUT2D eigenvalue weighted by molar-refractivity contribution is -0.136. The molecule has 5 nitrogen and oxygen atoms in total. The van der Waals surface area contributed by atoms with Gasteiger partial charge in [0, 0.05) is 12.7 Å². The second kappa shape index (κ2) is 7.25. The summed E-state index contributed by atoms with van der Waals surface area (Å²) >= 11 is 0. The third kappa shape index (κ3) is 4.37. The fourth-order valence-corrected chi connectivity index (χ4v) is 1.71. The molecule has 0 bridgehead atoms. The molecular formula is C15H16N2O3. The van der Waals surface area contributed by atoms with Crippen LogP contribution in [-0.2, 0) is 17.9 Å². The van der Waals surface area contributed by atoms with Gasteiger partial charge in [0.25, 0.3) is 0 Å². The second-order valence-electron chi connectivity index (χ2n) is 4.22. The first-order chi connectivity index (χ1) is 9.75. The van der Waals surface area contributed by atoms with Crippen LogP contribution in [0.5, 0.6) is 5.75 Å². The standard InChI is InChI=1S/C15H16N2O3/c18-15(19)10-16-9-13-14(7-4-8-17-13)20-11-12-5-2-1-3-6-12/h1-8,16H,9-11H2,(H,18,19). The minimum atomic E-state index is -0.896. The summed E-state index contributed by atoms with van der Waals surface area (Å²) in [6, 6.07) is 13.5. The van der Waals surface area contributed by atoms with Crippen molar-refractivity contribution in [3.05, 3.63) is 59.9 Å². The quantitative estimate of drug-likeness (QED) is 0.804. The van der Waals surface area contributed by atoms with Crippen LogP contribution in [0.15, 0.2) is 48.7 Å². The van der Waals surface area contributed by atoms with Crippen LogP contribution in [0.25, 0.3) is 0 Å². The van der Waals surface area contributed by atoms with Crippen molar-refractivity contribution in [3.63, 3.8) is 0 Å². The number of carboxylic acids is 1. The largest absolute Gasteiger partial charge is 0.487 e. The number of carboxylic acid groups (broad SMARTS) is 1. The van der Waals surface area contributed by atoms with Gasteiger partial charge in [-0.3, -0.25) is 9.78 Å². The van der Waals surface area contributed by atoms with Gasteiger partial charge in [-0.05, 0) is 17.7 Å². The average Bonchev–Trinajstić information content (AvgIpc) is 2.47. The van der Waals surface area contributed by atoms with E-state index < -0.39 is 5.97 Å². The van der Waals surface area contributed by atoms with Crippen LogP contribution in [-0.4, -0.2) is 22.6 Å². The molecule has 0 saturated heterocycles. The van der Waals surface area contributed by atoms with Crippen LogP contribution in [0.4, 0.5) is 0 Å². The van der Waals surface area contributed by atoms with Gasteiger partial charge in [0.2, 0.25) is 0 Å². The molecule has 0 atom stereocenters. The lowest BCUT2D eigenvalue weighted by atomic mass is 10.2. The van der Waals surface area contributed by atoms with Crippen LogP contribution >= 0.6 is 0 Å². The Kier molecular flexibility index (Phi) is 5.08. The summed E-state index contributed by atoms with van der Waals surface area (Å²) in [5.41, 5.74) is 1.77. The summed E-state index contributed by atoms with van der Waals surface area (Å²) < 4.78 is 5.73. The molecule has 0 aliphatic carbocycles. The van der Waals surface area contributed by atoms with Crippen molar-refractivity contribution in [1.82, 2.24) is 10.3 Å². The molecule has 2 rings (SSSR count). The normalized spacial score (nSPS) is 10.2. The van der Waals surface area contributed by atoms with Gasteiger partial charge in [-0.15, -0.1) is 0 Å². The van der Waals surface area contributed by atoms with E-state index in [4.69, 9.17) is 9.84 Å². The topological polar surface area (TPSA) is 71.5 Å². The summed E-state index contributed by atoms with van der Waals surface area (Å²) in [5.74, 6) is -0.234. The van der Waals surface area contributed by atoms with Gasteiger partial charge < -0.3 is 15.2 Å². The van der Waals surface area contributed by atoms with Crippen molar-refractivity contribution in [1.29, 1.82) is 0 Å². The highest BCUT2D eigenvalue weighted by Crippen LogP contribution is 2.16. The van der Waals surface area contributed by atoms with Gasteiger partial charge in [-0.1, -0.05) is 30.3 Å². The Hall–Kier alpha value is -2.40. The van der Waals surface area contributed by atoms with Crippen molar-refractivity contribution in [3.8, 4) is 5.75 Å². The Morgan fingerprint density at radius 2 is 2.00 bits per heavy atom. The fourth-order valence-electron chi connectivity index (χ4n) is 1.71. The molecule has 104 valence electrons. The highest BCUT2D eigenvalue weighted by Gasteiger charge is 2.05. The number of hydrogen-bond acceptors (Lipinski definition) is 4. The van der Waals surface area contributed by atoms with Crippen LogP contribution in [0.3, 0.4) is 0 Å². The molecule has 0 radical (unpaired) electrons. The van der Waals surface area contributed by atoms with E-state index in [0.717, 1.165) is 5.56 Å². The summed E-state index contributed by atoms with van der Waals surface area (Å²) in [7, 11) is 0. The molecule has 1 aromatic heterocycles. The number of ether oxygens (including phenoxy) is 1. The molecule has 0 unspecified atom stereocenters. The minimum absolute atomic E-state index is 0.102. The number of benzene rings is 1. The number of aromatic nitrogens is 1. The van der Waals surface area contributed by atoms with Crippen LogP contribution in [0, 0.1) is 0 Å². The zero-order chi connectivity index (χ0) is 14.2. The number of rotatable bonds is 7. The maximum absolute atomic E-state index is 10.5. The zero-order valence-electron chi connectivity index (χ0n) is 11.0. The number of hydrogen-bond donors (Lipinski definition) is 2. The maximum atomic E-state index is 10.5. The lowest BCUT2D eigenvalue weighted by Gasteiger charge is -2.10. The Labute approximate surface area is 117 Å². The van der Waals surface area contributed by atoms with E-state index in [1.165, 1.54) is 0 Å². The third-order valence-corrected chi connectivity index (χ3v) is 2.65. The number of carbonyl (C=O) groups is 1. The van der Waals surface area contributed by atoms with E-state index in [-0.39, 0.29) is 6.54 Å². The summed E-state index contributed by atoms with van der Waals surface area (Å²) in [6.07, 6.45) is 1.66. The molecule has 0 aliphatic heterocycles. The van der Waals surface area contributed by atoms with Gasteiger partial charge in [-0.2, -0.15) is 0 Å². The maximum Gasteiger partial charge on any atom is 0.317 e. The minimum Gasteiger partial charge on any atom is -0.487 e. The molecule has 2 aromatic rings. The summed E-state index contributed by atoms with van der Waals surface area (Å²) in [4.78, 5) is 14.7. The van der Waals surface area contributed by atoms with E-state index in [2.05, 4.69) is 10.3 Å². The predicted octanol–water partition coefficient (Wildman–Crippen LogP) is 1.83. The van der Waals surface area contributed by atoms with Crippen molar-refractivity contribution >= 4 is 5.97 Å². The van der Waals surface area contributed by atoms with Crippen molar-refractivity contribution in [2.24, 2.45) is 0 Å². The predicted molar refractivity (Wildman–Crippen MR) is 74.4 cm³/mol. The van der Waals surface area contributed by atoms with Crippen molar-refractivity contribution in [2.45, 2.75) is 13.2 Å². The highest BCUT2D eigenvalue weighted by atomic mass is 16.5. The first-order valence-corrected chi connectivity index (χ1v) is 6.29. The van der Waals surface area contributed by atoms with Gasteiger partial charge >= 0.3 is 5.97 Å². The molecule has 0 spiro atoms. The highest BCUT2D eigenvalue weighted by molar-refractivity contribution is 5.69. The van der Waals surface area contributed by atoms with E-state index in [9.17, 15) is 4.79 Å².